The Balaban J connectivity index is 1.90. The molecule has 0 bridgehead atoms. The summed E-state index contributed by atoms with van der Waals surface area (Å²) in [7, 11) is 0. The molecule has 1 fully saturated rings. The van der Waals surface area contributed by atoms with Crippen LogP contribution in [0.25, 0.3) is 0 Å². The third kappa shape index (κ3) is 3.45. The van der Waals surface area contributed by atoms with Crippen LogP contribution in [0, 0.1) is 13.8 Å². The van der Waals surface area contributed by atoms with Crippen molar-refractivity contribution in [2.75, 3.05) is 32.8 Å². The molecule has 4 heteroatoms. The number of ketones is 1. The van der Waals surface area contributed by atoms with Gasteiger partial charge < -0.3 is 9.30 Å². The molecule has 0 saturated carbocycles. The number of Topliss-reactive ketones (excluding diaryl/α,β-unsaturated/α-hetero) is 1. The van der Waals surface area contributed by atoms with E-state index in [1.54, 1.807) is 6.92 Å². The lowest BCUT2D eigenvalue weighted by atomic mass is 10.2. The minimum Gasteiger partial charge on any atom is -0.379 e. The SMILES string of the molecule is CC(=O)c1cc(C)n(CCCN2CCOCC2)c1C. The molecule has 1 aromatic heterocycles. The molecule has 0 atom stereocenters. The van der Waals surface area contributed by atoms with Gasteiger partial charge in [0.15, 0.2) is 5.78 Å². The van der Waals surface area contributed by atoms with Crippen LogP contribution in [0.3, 0.4) is 0 Å². The number of aromatic nitrogens is 1. The maximum Gasteiger partial charge on any atom is 0.161 e. The number of carbonyl (C=O) groups is 1. The molecular formula is C15H24N2O2. The van der Waals surface area contributed by atoms with E-state index in [4.69, 9.17) is 4.74 Å². The van der Waals surface area contributed by atoms with Crippen LogP contribution in [-0.4, -0.2) is 48.1 Å². The van der Waals surface area contributed by atoms with Gasteiger partial charge in [-0.25, -0.2) is 0 Å². The fourth-order valence-corrected chi connectivity index (χ4v) is 2.78. The standard InChI is InChI=1S/C15H24N2O2/c1-12-11-15(14(3)18)13(2)17(12)6-4-5-16-7-9-19-10-8-16/h11H,4-10H2,1-3H3. The summed E-state index contributed by atoms with van der Waals surface area (Å²) in [6.07, 6.45) is 1.12. The lowest BCUT2D eigenvalue weighted by Crippen LogP contribution is -2.37. The summed E-state index contributed by atoms with van der Waals surface area (Å²) in [6, 6.07) is 2.01. The number of hydrogen-bond acceptors (Lipinski definition) is 3. The van der Waals surface area contributed by atoms with E-state index in [1.165, 1.54) is 5.69 Å². The number of rotatable bonds is 5. The van der Waals surface area contributed by atoms with Gasteiger partial charge in [0.25, 0.3) is 0 Å². The molecule has 1 aromatic rings. The van der Waals surface area contributed by atoms with Gasteiger partial charge in [-0.1, -0.05) is 0 Å². The first-order chi connectivity index (χ1) is 9.09. The van der Waals surface area contributed by atoms with Crippen molar-refractivity contribution in [3.8, 4) is 0 Å². The van der Waals surface area contributed by atoms with Gasteiger partial charge in [0.05, 0.1) is 13.2 Å². The fraction of sp³-hybridized carbons (Fsp3) is 0.667. The average Bonchev–Trinajstić information content (AvgIpc) is 2.68. The summed E-state index contributed by atoms with van der Waals surface area (Å²) in [4.78, 5) is 14.0. The lowest BCUT2D eigenvalue weighted by molar-refractivity contribution is 0.0369. The molecule has 0 aromatic carbocycles. The molecule has 1 aliphatic heterocycles. The minimum atomic E-state index is 0.160. The molecule has 19 heavy (non-hydrogen) atoms. The first-order valence-electron chi connectivity index (χ1n) is 7.07. The van der Waals surface area contributed by atoms with E-state index in [2.05, 4.69) is 16.4 Å². The molecule has 2 heterocycles. The van der Waals surface area contributed by atoms with E-state index < -0.39 is 0 Å². The van der Waals surface area contributed by atoms with E-state index in [-0.39, 0.29) is 5.78 Å². The monoisotopic (exact) mass is 264 g/mol. The third-order valence-electron chi connectivity index (χ3n) is 3.91. The average molecular weight is 264 g/mol. The Hall–Kier alpha value is -1.13. The predicted molar refractivity (Wildman–Crippen MR) is 75.8 cm³/mol. The summed E-state index contributed by atoms with van der Waals surface area (Å²) in [5.74, 6) is 0.160. The summed E-state index contributed by atoms with van der Waals surface area (Å²) in [5, 5.41) is 0. The Morgan fingerprint density at radius 3 is 2.53 bits per heavy atom. The molecular weight excluding hydrogens is 240 g/mol. The Morgan fingerprint density at radius 2 is 1.95 bits per heavy atom. The zero-order chi connectivity index (χ0) is 13.8. The second kappa shape index (κ2) is 6.35. The van der Waals surface area contributed by atoms with Gasteiger partial charge in [0.1, 0.15) is 0 Å². The van der Waals surface area contributed by atoms with Crippen LogP contribution in [0.4, 0.5) is 0 Å². The highest BCUT2D eigenvalue weighted by Crippen LogP contribution is 2.16. The van der Waals surface area contributed by atoms with Gasteiger partial charge in [-0.2, -0.15) is 0 Å². The van der Waals surface area contributed by atoms with Gasteiger partial charge in [0, 0.05) is 43.1 Å². The zero-order valence-electron chi connectivity index (χ0n) is 12.2. The number of ether oxygens (including phenoxy) is 1. The second-order valence-electron chi connectivity index (χ2n) is 5.30. The molecule has 0 unspecified atom stereocenters. The molecule has 0 amide bonds. The molecule has 0 spiro atoms. The van der Waals surface area contributed by atoms with Crippen LogP contribution in [0.2, 0.25) is 0 Å². The molecule has 0 N–H and O–H groups in total. The zero-order valence-corrected chi connectivity index (χ0v) is 12.2. The second-order valence-corrected chi connectivity index (χ2v) is 5.30. The largest absolute Gasteiger partial charge is 0.379 e. The highest BCUT2D eigenvalue weighted by Gasteiger charge is 2.13. The lowest BCUT2D eigenvalue weighted by Gasteiger charge is -2.26. The van der Waals surface area contributed by atoms with E-state index >= 15 is 0 Å². The number of hydrogen-bond donors (Lipinski definition) is 0. The van der Waals surface area contributed by atoms with E-state index in [0.717, 1.165) is 57.1 Å². The number of nitrogens with zero attached hydrogens (tertiary/aromatic N) is 2. The van der Waals surface area contributed by atoms with Crippen molar-refractivity contribution in [2.24, 2.45) is 0 Å². The first-order valence-corrected chi connectivity index (χ1v) is 7.07. The van der Waals surface area contributed by atoms with Crippen LogP contribution in [-0.2, 0) is 11.3 Å². The quantitative estimate of drug-likeness (QED) is 0.763. The van der Waals surface area contributed by atoms with Gasteiger partial charge in [-0.05, 0) is 33.3 Å². The highest BCUT2D eigenvalue weighted by molar-refractivity contribution is 5.95. The van der Waals surface area contributed by atoms with Crippen molar-refractivity contribution < 1.29 is 9.53 Å². The van der Waals surface area contributed by atoms with Crippen molar-refractivity contribution in [2.45, 2.75) is 33.7 Å². The van der Waals surface area contributed by atoms with Gasteiger partial charge >= 0.3 is 0 Å². The third-order valence-corrected chi connectivity index (χ3v) is 3.91. The number of morpholine rings is 1. The van der Waals surface area contributed by atoms with Crippen molar-refractivity contribution in [1.82, 2.24) is 9.47 Å². The maximum absolute atomic E-state index is 11.5. The molecule has 106 valence electrons. The Kier molecular flexibility index (Phi) is 4.77. The Morgan fingerprint density at radius 1 is 1.26 bits per heavy atom. The first kappa shape index (κ1) is 14.3. The molecule has 0 radical (unpaired) electrons. The van der Waals surface area contributed by atoms with Crippen molar-refractivity contribution in [3.05, 3.63) is 23.0 Å². The van der Waals surface area contributed by atoms with Crippen molar-refractivity contribution in [3.63, 3.8) is 0 Å². The van der Waals surface area contributed by atoms with Gasteiger partial charge in [-0.3, -0.25) is 9.69 Å². The molecule has 4 nitrogen and oxygen atoms in total. The molecule has 2 rings (SSSR count). The summed E-state index contributed by atoms with van der Waals surface area (Å²) in [6.45, 7) is 11.7. The van der Waals surface area contributed by atoms with E-state index in [9.17, 15) is 4.79 Å². The van der Waals surface area contributed by atoms with Gasteiger partial charge in [0.2, 0.25) is 0 Å². The topological polar surface area (TPSA) is 34.5 Å². The summed E-state index contributed by atoms with van der Waals surface area (Å²) < 4.78 is 7.61. The minimum absolute atomic E-state index is 0.160. The van der Waals surface area contributed by atoms with Crippen LogP contribution in [0.1, 0.15) is 35.1 Å². The normalized spacial score (nSPS) is 16.8. The van der Waals surface area contributed by atoms with E-state index in [1.807, 2.05) is 13.0 Å². The summed E-state index contributed by atoms with van der Waals surface area (Å²) in [5.41, 5.74) is 3.15. The van der Waals surface area contributed by atoms with Crippen molar-refractivity contribution in [1.29, 1.82) is 0 Å². The van der Waals surface area contributed by atoms with Crippen LogP contribution in [0.15, 0.2) is 6.07 Å². The van der Waals surface area contributed by atoms with Gasteiger partial charge in [-0.15, -0.1) is 0 Å². The Bertz CT molecular complexity index is 445. The molecule has 1 aliphatic rings. The molecule has 1 saturated heterocycles. The highest BCUT2D eigenvalue weighted by atomic mass is 16.5. The number of aryl methyl sites for hydroxylation is 1. The van der Waals surface area contributed by atoms with Crippen LogP contribution < -0.4 is 0 Å². The maximum atomic E-state index is 11.5. The smallest absolute Gasteiger partial charge is 0.161 e. The van der Waals surface area contributed by atoms with Crippen LogP contribution in [0.5, 0.6) is 0 Å². The fourth-order valence-electron chi connectivity index (χ4n) is 2.78. The van der Waals surface area contributed by atoms with Crippen LogP contribution >= 0.6 is 0 Å². The predicted octanol–water partition coefficient (Wildman–Crippen LogP) is 2.03. The Labute approximate surface area is 115 Å². The summed E-state index contributed by atoms with van der Waals surface area (Å²) >= 11 is 0. The number of carbonyl (C=O) groups excluding carboxylic acids is 1. The molecule has 0 aliphatic carbocycles. The van der Waals surface area contributed by atoms with Crippen molar-refractivity contribution >= 4 is 5.78 Å². The van der Waals surface area contributed by atoms with E-state index in [0.29, 0.717) is 0 Å².